The molecule has 10 heteroatoms. The average Bonchev–Trinajstić information content (AvgIpc) is 2.84. The van der Waals surface area contributed by atoms with Gasteiger partial charge < -0.3 is 20.5 Å². The highest BCUT2D eigenvalue weighted by Gasteiger charge is 2.23. The third kappa shape index (κ3) is 7.19. The second-order valence-corrected chi connectivity index (χ2v) is 8.96. The molecule has 1 unspecified atom stereocenters. The number of carbonyl (C=O) groups excluding carboxylic acids is 1. The number of carbonyl (C=O) groups is 1. The predicted octanol–water partition coefficient (Wildman–Crippen LogP) is 5.76. The lowest BCUT2D eigenvalue weighted by molar-refractivity contribution is -0.121. The molecule has 0 aromatic heterocycles. The summed E-state index contributed by atoms with van der Waals surface area (Å²) >= 11 is 12.3. The molecule has 8 nitrogen and oxygen atoms in total. The number of halogens is 2. The van der Waals surface area contributed by atoms with E-state index in [0.717, 1.165) is 0 Å². The molecular formula is C26H29Cl2N5O3. The number of hydrogen-bond donors (Lipinski definition) is 5. The van der Waals surface area contributed by atoms with Gasteiger partial charge in [-0.25, -0.2) is 0 Å². The summed E-state index contributed by atoms with van der Waals surface area (Å²) in [7, 11) is 0. The largest absolute Gasteiger partial charge is 0.490 e. The highest BCUT2D eigenvalue weighted by atomic mass is 35.5. The van der Waals surface area contributed by atoms with Crippen LogP contribution in [-0.4, -0.2) is 24.5 Å². The van der Waals surface area contributed by atoms with Gasteiger partial charge in [0.1, 0.15) is 11.9 Å². The number of hydrogen-bond acceptors (Lipinski definition) is 6. The lowest BCUT2D eigenvalue weighted by atomic mass is 10.0. The lowest BCUT2D eigenvalue weighted by Gasteiger charge is -2.23. The van der Waals surface area contributed by atoms with Crippen molar-refractivity contribution in [3.8, 4) is 11.5 Å². The van der Waals surface area contributed by atoms with Crippen LogP contribution in [0.2, 0.25) is 10.0 Å². The molecule has 0 heterocycles. The van der Waals surface area contributed by atoms with Gasteiger partial charge in [-0.15, -0.1) is 0 Å². The lowest BCUT2D eigenvalue weighted by Crippen LogP contribution is -2.37. The van der Waals surface area contributed by atoms with Crippen LogP contribution < -0.4 is 31.4 Å². The zero-order chi connectivity index (χ0) is 26.2. The number of amides is 1. The molecule has 1 atom stereocenters. The molecule has 3 aromatic carbocycles. The summed E-state index contributed by atoms with van der Waals surface area (Å²) in [4.78, 5) is 13.4. The number of amidine groups is 1. The molecule has 0 aliphatic rings. The van der Waals surface area contributed by atoms with Gasteiger partial charge >= 0.3 is 0 Å². The molecule has 0 bridgehead atoms. The summed E-state index contributed by atoms with van der Waals surface area (Å²) in [6.45, 7) is 6.17. The Morgan fingerprint density at radius 1 is 1.03 bits per heavy atom. The van der Waals surface area contributed by atoms with E-state index in [1.807, 2.05) is 20.8 Å². The maximum Gasteiger partial charge on any atom is 0.265 e. The van der Waals surface area contributed by atoms with Crippen LogP contribution in [0, 0.1) is 5.41 Å². The van der Waals surface area contributed by atoms with Crippen LogP contribution in [0.15, 0.2) is 60.7 Å². The van der Waals surface area contributed by atoms with Gasteiger partial charge in [0.15, 0.2) is 11.5 Å². The Bertz CT molecular complexity index is 1220. The highest BCUT2D eigenvalue weighted by molar-refractivity contribution is 6.35. The molecule has 1 amide bonds. The first-order valence-electron chi connectivity index (χ1n) is 11.3. The number of hydrazine groups is 1. The predicted molar refractivity (Wildman–Crippen MR) is 145 cm³/mol. The topological polar surface area (TPSA) is 121 Å². The Morgan fingerprint density at radius 2 is 1.75 bits per heavy atom. The van der Waals surface area contributed by atoms with Crippen LogP contribution in [0.4, 0.5) is 11.4 Å². The summed E-state index contributed by atoms with van der Waals surface area (Å²) in [5.41, 5.74) is 13.4. The fourth-order valence-corrected chi connectivity index (χ4v) is 3.67. The number of anilines is 2. The van der Waals surface area contributed by atoms with Crippen molar-refractivity contribution in [1.82, 2.24) is 5.43 Å². The van der Waals surface area contributed by atoms with Crippen molar-refractivity contribution in [2.45, 2.75) is 32.9 Å². The zero-order valence-corrected chi connectivity index (χ0v) is 21.7. The Balaban J connectivity index is 1.92. The number of rotatable bonds is 11. The molecule has 0 saturated carbocycles. The summed E-state index contributed by atoms with van der Waals surface area (Å²) in [5, 5.41) is 11.7. The molecule has 6 N–H and O–H groups in total. The normalized spacial score (nSPS) is 11.5. The van der Waals surface area contributed by atoms with Gasteiger partial charge in [0.25, 0.3) is 5.91 Å². The minimum absolute atomic E-state index is 0.0412. The van der Waals surface area contributed by atoms with Gasteiger partial charge in [0.2, 0.25) is 0 Å². The van der Waals surface area contributed by atoms with E-state index in [-0.39, 0.29) is 17.8 Å². The van der Waals surface area contributed by atoms with Gasteiger partial charge in [-0.2, -0.15) is 0 Å². The summed E-state index contributed by atoms with van der Waals surface area (Å²) in [6.07, 6.45) is -0.0429. The van der Waals surface area contributed by atoms with E-state index in [1.54, 1.807) is 60.7 Å². The molecule has 0 aliphatic heterocycles. The first kappa shape index (κ1) is 27.0. The summed E-state index contributed by atoms with van der Waals surface area (Å²) in [5.74, 6) is 0.688. The maximum atomic E-state index is 13.4. The number of nitrogen functional groups attached to an aromatic ring is 1. The molecular weight excluding hydrogens is 501 g/mol. The summed E-state index contributed by atoms with van der Waals surface area (Å²) in [6, 6.07) is 16.3. The third-order valence-corrected chi connectivity index (χ3v) is 5.55. The van der Waals surface area contributed by atoms with Crippen molar-refractivity contribution in [1.29, 1.82) is 5.41 Å². The molecule has 36 heavy (non-hydrogen) atoms. The molecule has 3 rings (SSSR count). The number of nitrogens with two attached hydrogens (primary N) is 1. The maximum absolute atomic E-state index is 13.4. The molecule has 0 fully saturated rings. The van der Waals surface area contributed by atoms with E-state index in [2.05, 4.69) is 16.2 Å². The van der Waals surface area contributed by atoms with Crippen molar-refractivity contribution >= 4 is 46.3 Å². The molecule has 0 spiro atoms. The smallest absolute Gasteiger partial charge is 0.265 e. The van der Waals surface area contributed by atoms with Crippen LogP contribution in [-0.2, 0) is 4.79 Å². The standard InChI is InChI=1S/C26H29Cl2N5O3/c1-4-35-23-13-17(7-12-22(23)36-15(2)3)24(31-19-9-5-16(6-10-19)25(29)30)26(34)33-32-21-14-18(27)8-11-20(21)28/h5-15,24,31-32H,4H2,1-3H3,(H3,29,30)(H,33,34). The van der Waals surface area contributed by atoms with E-state index < -0.39 is 6.04 Å². The third-order valence-electron chi connectivity index (χ3n) is 4.98. The fourth-order valence-electron chi connectivity index (χ4n) is 3.33. The first-order chi connectivity index (χ1) is 17.2. The number of nitrogens with one attached hydrogen (secondary N) is 4. The zero-order valence-electron chi connectivity index (χ0n) is 20.2. The minimum Gasteiger partial charge on any atom is -0.490 e. The SMILES string of the molecule is CCOc1cc(C(Nc2ccc(C(=N)N)cc2)C(=O)NNc2cc(Cl)ccc2Cl)ccc1OC(C)C. The Morgan fingerprint density at radius 3 is 2.39 bits per heavy atom. The molecule has 190 valence electrons. The van der Waals surface area contributed by atoms with Crippen LogP contribution >= 0.6 is 23.2 Å². The number of ether oxygens (including phenoxy) is 2. The van der Waals surface area contributed by atoms with E-state index in [1.165, 1.54) is 0 Å². The molecule has 0 saturated heterocycles. The Kier molecular flexibility index (Phi) is 9.27. The van der Waals surface area contributed by atoms with E-state index in [4.69, 9.17) is 43.8 Å². The quantitative estimate of drug-likeness (QED) is 0.122. The Hall–Kier alpha value is -3.62. The fraction of sp³-hybridized carbons (Fsp3) is 0.231. The van der Waals surface area contributed by atoms with Crippen LogP contribution in [0.3, 0.4) is 0 Å². The van der Waals surface area contributed by atoms with E-state index in [9.17, 15) is 4.79 Å². The van der Waals surface area contributed by atoms with Crippen LogP contribution in [0.25, 0.3) is 0 Å². The molecule has 0 radical (unpaired) electrons. The molecule has 0 aliphatic carbocycles. The van der Waals surface area contributed by atoms with E-state index >= 15 is 0 Å². The van der Waals surface area contributed by atoms with Gasteiger partial charge in [-0.1, -0.05) is 29.3 Å². The van der Waals surface area contributed by atoms with Gasteiger partial charge in [0.05, 0.1) is 23.4 Å². The van der Waals surface area contributed by atoms with Crippen molar-refractivity contribution in [2.24, 2.45) is 5.73 Å². The number of benzene rings is 3. The van der Waals surface area contributed by atoms with Gasteiger partial charge in [-0.3, -0.25) is 21.1 Å². The van der Waals surface area contributed by atoms with Crippen LogP contribution in [0.5, 0.6) is 11.5 Å². The van der Waals surface area contributed by atoms with Gasteiger partial charge in [0, 0.05) is 16.3 Å². The second-order valence-electron chi connectivity index (χ2n) is 8.11. The minimum atomic E-state index is -0.828. The van der Waals surface area contributed by atoms with Crippen LogP contribution in [0.1, 0.15) is 37.9 Å². The van der Waals surface area contributed by atoms with Crippen molar-refractivity contribution in [2.75, 3.05) is 17.3 Å². The second kappa shape index (κ2) is 12.4. The Labute approximate surface area is 220 Å². The van der Waals surface area contributed by atoms with E-state index in [0.29, 0.717) is 50.7 Å². The highest BCUT2D eigenvalue weighted by Crippen LogP contribution is 2.33. The van der Waals surface area contributed by atoms with Crippen molar-refractivity contribution in [3.05, 3.63) is 81.8 Å². The first-order valence-corrected chi connectivity index (χ1v) is 12.1. The van der Waals surface area contributed by atoms with Gasteiger partial charge in [-0.05, 0) is 80.9 Å². The van der Waals surface area contributed by atoms with Crippen molar-refractivity contribution < 1.29 is 14.3 Å². The molecule has 3 aromatic rings. The van der Waals surface area contributed by atoms with Crippen molar-refractivity contribution in [3.63, 3.8) is 0 Å². The monoisotopic (exact) mass is 529 g/mol. The average molecular weight is 530 g/mol. The summed E-state index contributed by atoms with van der Waals surface area (Å²) < 4.78 is 11.6.